The van der Waals surface area contributed by atoms with Crippen LogP contribution < -0.4 is 0 Å². The number of aromatic nitrogens is 2. The lowest BCUT2D eigenvalue weighted by Crippen LogP contribution is -2.52. The number of ether oxygens (including phenoxy) is 1. The van der Waals surface area contributed by atoms with Crippen LogP contribution in [-0.4, -0.2) is 57.3 Å². The summed E-state index contributed by atoms with van der Waals surface area (Å²) in [5.74, 6) is 0.802. The summed E-state index contributed by atoms with van der Waals surface area (Å²) in [6.07, 6.45) is 6.10. The molecule has 0 aromatic carbocycles. The summed E-state index contributed by atoms with van der Waals surface area (Å²) in [4.78, 5) is 23.9. The summed E-state index contributed by atoms with van der Waals surface area (Å²) in [5, 5.41) is 10.1. The number of hydrogen-bond acceptors (Lipinski definition) is 5. The van der Waals surface area contributed by atoms with Gasteiger partial charge in [-0.25, -0.2) is 4.98 Å². The van der Waals surface area contributed by atoms with Crippen molar-refractivity contribution in [1.82, 2.24) is 14.9 Å². The normalized spacial score (nSPS) is 29.7. The third-order valence-electron chi connectivity index (χ3n) is 5.37. The summed E-state index contributed by atoms with van der Waals surface area (Å²) >= 11 is 1.44. The van der Waals surface area contributed by atoms with Crippen molar-refractivity contribution in [2.24, 2.45) is 0 Å². The molecule has 1 saturated carbocycles. The Morgan fingerprint density at radius 2 is 2.38 bits per heavy atom. The molecule has 128 valence electrons. The van der Waals surface area contributed by atoms with Crippen LogP contribution in [0.15, 0.2) is 24.5 Å². The number of amides is 1. The zero-order chi connectivity index (χ0) is 16.7. The number of rotatable bonds is 3. The van der Waals surface area contributed by atoms with Gasteiger partial charge in [0.05, 0.1) is 27.5 Å². The van der Waals surface area contributed by atoms with Crippen LogP contribution in [0.25, 0.3) is 10.7 Å². The standard InChI is InChI=1S/C17H21N3O3S/c1-23-17-5-4-11(21)10-14(17)20(9-6-17)16(22)13-3-2-12(24-13)15-18-7-8-19-15/h2-3,7-8,11,14,21H,4-6,9-10H2,1H3,(H,18,19)/t11-,14+,17-/m1/s1. The molecule has 0 unspecified atom stereocenters. The second-order valence-electron chi connectivity index (χ2n) is 6.56. The molecule has 6 nitrogen and oxygen atoms in total. The van der Waals surface area contributed by atoms with E-state index in [1.54, 1.807) is 19.5 Å². The van der Waals surface area contributed by atoms with Crippen molar-refractivity contribution in [1.29, 1.82) is 0 Å². The van der Waals surface area contributed by atoms with E-state index in [1.165, 1.54) is 11.3 Å². The van der Waals surface area contributed by atoms with Gasteiger partial charge in [0.15, 0.2) is 0 Å². The van der Waals surface area contributed by atoms with Crippen LogP contribution in [0.3, 0.4) is 0 Å². The lowest BCUT2D eigenvalue weighted by molar-refractivity contribution is -0.0824. The fraction of sp³-hybridized carbons (Fsp3) is 0.529. The lowest BCUT2D eigenvalue weighted by Gasteiger charge is -2.42. The average Bonchev–Trinajstić information content (AvgIpc) is 3.32. The highest BCUT2D eigenvalue weighted by Gasteiger charge is 2.52. The molecule has 1 aliphatic heterocycles. The molecule has 4 rings (SSSR count). The average molecular weight is 347 g/mol. The zero-order valence-corrected chi connectivity index (χ0v) is 14.4. The highest BCUT2D eigenvalue weighted by atomic mass is 32.1. The molecule has 3 heterocycles. The Balaban J connectivity index is 1.58. The van der Waals surface area contributed by atoms with Gasteiger partial charge in [0.25, 0.3) is 5.91 Å². The van der Waals surface area contributed by atoms with E-state index in [0.717, 1.165) is 30.0 Å². The van der Waals surface area contributed by atoms with Gasteiger partial charge >= 0.3 is 0 Å². The van der Waals surface area contributed by atoms with E-state index >= 15 is 0 Å². The predicted octanol–water partition coefficient (Wildman–Crippen LogP) is 2.28. The van der Waals surface area contributed by atoms with Gasteiger partial charge in [-0.2, -0.15) is 0 Å². The number of aliphatic hydroxyl groups is 1. The smallest absolute Gasteiger partial charge is 0.264 e. The first-order valence-corrected chi connectivity index (χ1v) is 9.08. The number of thiophene rings is 1. The molecule has 0 radical (unpaired) electrons. The van der Waals surface area contributed by atoms with Crippen molar-refractivity contribution >= 4 is 17.2 Å². The number of imidazole rings is 1. The van der Waals surface area contributed by atoms with Gasteiger partial charge in [-0.3, -0.25) is 4.79 Å². The van der Waals surface area contributed by atoms with E-state index in [0.29, 0.717) is 17.8 Å². The Bertz CT molecular complexity index is 729. The van der Waals surface area contributed by atoms with Gasteiger partial charge < -0.3 is 19.7 Å². The number of carbonyl (C=O) groups excluding carboxylic acids is 1. The Morgan fingerprint density at radius 1 is 1.50 bits per heavy atom. The molecule has 24 heavy (non-hydrogen) atoms. The monoisotopic (exact) mass is 347 g/mol. The van der Waals surface area contributed by atoms with E-state index < -0.39 is 0 Å². The van der Waals surface area contributed by atoms with Crippen LogP contribution in [0.4, 0.5) is 0 Å². The van der Waals surface area contributed by atoms with Crippen LogP contribution >= 0.6 is 11.3 Å². The molecule has 0 bridgehead atoms. The number of nitrogens with zero attached hydrogens (tertiary/aromatic N) is 2. The molecule has 2 aliphatic rings. The number of H-pyrrole nitrogens is 1. The van der Waals surface area contributed by atoms with Gasteiger partial charge in [-0.1, -0.05) is 0 Å². The number of nitrogens with one attached hydrogen (secondary N) is 1. The maximum absolute atomic E-state index is 13.0. The van der Waals surface area contributed by atoms with Crippen LogP contribution in [-0.2, 0) is 4.74 Å². The molecule has 2 aromatic heterocycles. The Kier molecular flexibility index (Phi) is 3.94. The summed E-state index contributed by atoms with van der Waals surface area (Å²) < 4.78 is 5.81. The van der Waals surface area contributed by atoms with Crippen LogP contribution in [0, 0.1) is 0 Å². The first kappa shape index (κ1) is 15.8. The first-order chi connectivity index (χ1) is 11.6. The minimum absolute atomic E-state index is 0.0239. The highest BCUT2D eigenvalue weighted by molar-refractivity contribution is 7.17. The van der Waals surface area contributed by atoms with E-state index in [4.69, 9.17) is 4.74 Å². The largest absolute Gasteiger partial charge is 0.393 e. The molecule has 1 amide bonds. The van der Waals surface area contributed by atoms with Gasteiger partial charge in [0, 0.05) is 26.0 Å². The summed E-state index contributed by atoms with van der Waals surface area (Å²) in [7, 11) is 1.72. The van der Waals surface area contributed by atoms with Crippen molar-refractivity contribution in [2.75, 3.05) is 13.7 Å². The molecule has 0 spiro atoms. The van der Waals surface area contributed by atoms with Gasteiger partial charge in [-0.05, 0) is 37.8 Å². The van der Waals surface area contributed by atoms with Crippen LogP contribution in [0.5, 0.6) is 0 Å². The Hall–Kier alpha value is -1.70. The fourth-order valence-corrected chi connectivity index (χ4v) is 4.96. The minimum Gasteiger partial charge on any atom is -0.393 e. The Morgan fingerprint density at radius 3 is 3.12 bits per heavy atom. The van der Waals surface area contributed by atoms with Crippen LogP contribution in [0.2, 0.25) is 0 Å². The second kappa shape index (κ2) is 5.98. The van der Waals surface area contributed by atoms with E-state index in [2.05, 4.69) is 9.97 Å². The van der Waals surface area contributed by atoms with E-state index in [1.807, 2.05) is 17.0 Å². The van der Waals surface area contributed by atoms with E-state index in [9.17, 15) is 9.90 Å². The number of carbonyl (C=O) groups is 1. The molecule has 1 saturated heterocycles. The minimum atomic E-state index is -0.353. The maximum Gasteiger partial charge on any atom is 0.264 e. The molecule has 1 aliphatic carbocycles. The Labute approximate surface area is 144 Å². The molecule has 7 heteroatoms. The van der Waals surface area contributed by atoms with Crippen molar-refractivity contribution in [3.63, 3.8) is 0 Å². The van der Waals surface area contributed by atoms with Gasteiger partial charge in [0.1, 0.15) is 5.82 Å². The molecule has 2 fully saturated rings. The number of aromatic amines is 1. The van der Waals surface area contributed by atoms with Gasteiger partial charge in [0.2, 0.25) is 0 Å². The zero-order valence-electron chi connectivity index (χ0n) is 13.6. The molecular formula is C17H21N3O3S. The number of likely N-dealkylation sites (tertiary alicyclic amines) is 1. The highest BCUT2D eigenvalue weighted by Crippen LogP contribution is 2.43. The van der Waals surface area contributed by atoms with Crippen LogP contribution in [0.1, 0.15) is 35.4 Å². The second-order valence-corrected chi connectivity index (χ2v) is 7.65. The first-order valence-electron chi connectivity index (χ1n) is 8.27. The number of hydrogen-bond donors (Lipinski definition) is 2. The topological polar surface area (TPSA) is 78.5 Å². The van der Waals surface area contributed by atoms with Crippen molar-refractivity contribution < 1.29 is 14.6 Å². The lowest BCUT2D eigenvalue weighted by atomic mass is 9.79. The van der Waals surface area contributed by atoms with Crippen molar-refractivity contribution in [2.45, 2.75) is 43.4 Å². The van der Waals surface area contributed by atoms with Crippen molar-refractivity contribution in [3.8, 4) is 10.7 Å². The molecular weight excluding hydrogens is 326 g/mol. The number of methoxy groups -OCH3 is 1. The number of aliphatic hydroxyl groups excluding tert-OH is 1. The summed E-state index contributed by atoms with van der Waals surface area (Å²) in [5.41, 5.74) is -0.296. The fourth-order valence-electron chi connectivity index (χ4n) is 4.04. The predicted molar refractivity (Wildman–Crippen MR) is 90.9 cm³/mol. The summed E-state index contributed by atoms with van der Waals surface area (Å²) in [6.45, 7) is 0.679. The maximum atomic E-state index is 13.0. The molecule has 2 aromatic rings. The van der Waals surface area contributed by atoms with Gasteiger partial charge in [-0.15, -0.1) is 11.3 Å². The van der Waals surface area contributed by atoms with E-state index in [-0.39, 0.29) is 23.7 Å². The third kappa shape index (κ3) is 2.47. The quantitative estimate of drug-likeness (QED) is 0.893. The third-order valence-corrected chi connectivity index (χ3v) is 6.45. The molecule has 3 atom stereocenters. The summed E-state index contributed by atoms with van der Waals surface area (Å²) in [6, 6.07) is 3.73. The molecule has 2 N–H and O–H groups in total. The SMILES string of the molecule is CO[C@@]12CC[C@@H](O)C[C@@H]1N(C(=O)c1ccc(-c3ncc[nH]3)s1)CC2. The van der Waals surface area contributed by atoms with Crippen molar-refractivity contribution in [3.05, 3.63) is 29.4 Å². The number of fused-ring (bicyclic) bond motifs is 1.